The summed E-state index contributed by atoms with van der Waals surface area (Å²) in [5, 5.41) is 4.24. The highest BCUT2D eigenvalue weighted by Crippen LogP contribution is 2.36. The first-order valence-electron chi connectivity index (χ1n) is 7.82. The summed E-state index contributed by atoms with van der Waals surface area (Å²) in [7, 11) is 0. The van der Waals surface area contributed by atoms with Gasteiger partial charge in [-0.15, -0.1) is 0 Å². The molecule has 1 aromatic heterocycles. The van der Waals surface area contributed by atoms with Crippen LogP contribution in [0.25, 0.3) is 0 Å². The number of nitrogens with zero attached hydrogens (tertiary/aromatic N) is 2. The number of aromatic nitrogens is 2. The summed E-state index contributed by atoms with van der Waals surface area (Å²) < 4.78 is 49.2. The zero-order valence-electron chi connectivity index (χ0n) is 14.4. The highest BCUT2D eigenvalue weighted by molar-refractivity contribution is 6.31. The third-order valence-corrected chi connectivity index (χ3v) is 3.39. The summed E-state index contributed by atoms with van der Waals surface area (Å²) in [6, 6.07) is 2.29. The maximum atomic E-state index is 12.9. The Morgan fingerprint density at radius 1 is 1.19 bits per heavy atom. The normalized spacial score (nSPS) is 11.0. The Morgan fingerprint density at radius 3 is 2.52 bits per heavy atom. The highest BCUT2D eigenvalue weighted by atomic mass is 35.5. The lowest BCUT2D eigenvalue weighted by molar-refractivity contribution is -0.137. The van der Waals surface area contributed by atoms with Crippen LogP contribution in [0, 0.1) is 0 Å². The molecule has 146 valence electrons. The number of halogens is 4. The monoisotopic (exact) mass is 404 g/mol. The quantitative estimate of drug-likeness (QED) is 0.735. The molecule has 1 heterocycles. The molecule has 2 rings (SSSR count). The van der Waals surface area contributed by atoms with Crippen molar-refractivity contribution in [1.82, 2.24) is 9.97 Å². The van der Waals surface area contributed by atoms with Crippen molar-refractivity contribution in [2.75, 3.05) is 23.8 Å². The molecule has 0 fully saturated rings. The zero-order valence-corrected chi connectivity index (χ0v) is 15.1. The van der Waals surface area contributed by atoms with Crippen molar-refractivity contribution in [3.8, 4) is 11.9 Å². The number of benzene rings is 1. The van der Waals surface area contributed by atoms with E-state index < -0.39 is 22.8 Å². The van der Waals surface area contributed by atoms with E-state index in [-0.39, 0.29) is 29.9 Å². The van der Waals surface area contributed by atoms with Crippen molar-refractivity contribution in [2.24, 2.45) is 0 Å². The second kappa shape index (κ2) is 8.76. The molecule has 27 heavy (non-hydrogen) atoms. The van der Waals surface area contributed by atoms with Gasteiger partial charge in [0.2, 0.25) is 5.88 Å². The molecule has 0 aliphatic heterocycles. The smallest absolute Gasteiger partial charge is 0.417 e. The second-order valence-electron chi connectivity index (χ2n) is 5.01. The van der Waals surface area contributed by atoms with Crippen LogP contribution in [0.2, 0.25) is 5.02 Å². The van der Waals surface area contributed by atoms with E-state index in [9.17, 15) is 18.0 Å². The van der Waals surface area contributed by atoms with Crippen molar-refractivity contribution in [1.29, 1.82) is 0 Å². The first-order valence-corrected chi connectivity index (χ1v) is 8.19. The number of nitrogens with one attached hydrogen (secondary N) is 2. The van der Waals surface area contributed by atoms with Gasteiger partial charge in [-0.25, -0.2) is 9.78 Å². The van der Waals surface area contributed by atoms with Gasteiger partial charge in [0, 0.05) is 5.69 Å². The standard InChI is InChI=1S/C16H16ClF3N4O3/c1-3-26-13-12(8-21-15(24-13)27-4-2)23-14(25)22-9-5-6-11(17)10(7-9)16(18,19)20/h5-8H,3-4H2,1-2H3,(H2,22,23,25). The van der Waals surface area contributed by atoms with Gasteiger partial charge in [0.25, 0.3) is 0 Å². The van der Waals surface area contributed by atoms with Gasteiger partial charge in [0.05, 0.1) is 30.0 Å². The molecule has 11 heteroatoms. The molecule has 2 N–H and O–H groups in total. The molecule has 0 bridgehead atoms. The molecule has 0 saturated heterocycles. The van der Waals surface area contributed by atoms with Gasteiger partial charge < -0.3 is 20.1 Å². The summed E-state index contributed by atoms with van der Waals surface area (Å²) in [6.07, 6.45) is -3.37. The topological polar surface area (TPSA) is 85.4 Å². The number of urea groups is 1. The molecule has 1 aromatic carbocycles. The lowest BCUT2D eigenvalue weighted by atomic mass is 10.2. The van der Waals surface area contributed by atoms with Gasteiger partial charge in [-0.2, -0.15) is 18.2 Å². The fraction of sp³-hybridized carbons (Fsp3) is 0.312. The van der Waals surface area contributed by atoms with Crippen molar-refractivity contribution in [3.05, 3.63) is 35.0 Å². The van der Waals surface area contributed by atoms with Gasteiger partial charge >= 0.3 is 18.2 Å². The highest BCUT2D eigenvalue weighted by Gasteiger charge is 2.33. The minimum atomic E-state index is -4.64. The van der Waals surface area contributed by atoms with Crippen LogP contribution in [-0.4, -0.2) is 29.2 Å². The fourth-order valence-corrected chi connectivity index (χ4v) is 2.21. The first kappa shape index (κ1) is 20.6. The van der Waals surface area contributed by atoms with Gasteiger partial charge in [0.1, 0.15) is 5.69 Å². The summed E-state index contributed by atoms with van der Waals surface area (Å²) in [4.78, 5) is 20.0. The van der Waals surface area contributed by atoms with E-state index in [0.29, 0.717) is 6.61 Å². The van der Waals surface area contributed by atoms with E-state index in [2.05, 4.69) is 20.6 Å². The van der Waals surface area contributed by atoms with Crippen molar-refractivity contribution < 1.29 is 27.4 Å². The van der Waals surface area contributed by atoms with E-state index >= 15 is 0 Å². The molecule has 7 nitrogen and oxygen atoms in total. The minimum Gasteiger partial charge on any atom is -0.476 e. The molecule has 2 aromatic rings. The second-order valence-corrected chi connectivity index (χ2v) is 5.42. The molecule has 0 aliphatic rings. The lowest BCUT2D eigenvalue weighted by Gasteiger charge is -2.14. The van der Waals surface area contributed by atoms with Gasteiger partial charge in [-0.1, -0.05) is 11.6 Å². The van der Waals surface area contributed by atoms with Gasteiger partial charge in [-0.05, 0) is 32.0 Å². The number of hydrogen-bond acceptors (Lipinski definition) is 5. The molecule has 0 saturated carbocycles. The van der Waals surface area contributed by atoms with Crippen molar-refractivity contribution in [2.45, 2.75) is 20.0 Å². The molecule has 0 atom stereocenters. The number of ether oxygens (including phenoxy) is 2. The number of rotatable bonds is 6. The Labute approximate surface area is 157 Å². The van der Waals surface area contributed by atoms with Crippen molar-refractivity contribution in [3.63, 3.8) is 0 Å². The first-order chi connectivity index (χ1) is 12.7. The summed E-state index contributed by atoms with van der Waals surface area (Å²) in [5.41, 5.74) is -1.02. The number of anilines is 2. The predicted octanol–water partition coefficient (Wildman–Crippen LogP) is 4.59. The summed E-state index contributed by atoms with van der Waals surface area (Å²) in [5.74, 6) is 0.0678. The van der Waals surface area contributed by atoms with Crippen LogP contribution in [0.1, 0.15) is 19.4 Å². The Kier molecular flexibility index (Phi) is 6.67. The number of carbonyl (C=O) groups is 1. The van der Waals surface area contributed by atoms with E-state index in [1.54, 1.807) is 13.8 Å². The largest absolute Gasteiger partial charge is 0.476 e. The lowest BCUT2D eigenvalue weighted by Crippen LogP contribution is -2.21. The van der Waals surface area contributed by atoms with E-state index in [0.717, 1.165) is 12.1 Å². The van der Waals surface area contributed by atoms with Crippen LogP contribution in [0.4, 0.5) is 29.3 Å². The molecule has 2 amide bonds. The summed E-state index contributed by atoms with van der Waals surface area (Å²) >= 11 is 5.55. The molecule has 0 aliphatic carbocycles. The Morgan fingerprint density at radius 2 is 1.89 bits per heavy atom. The predicted molar refractivity (Wildman–Crippen MR) is 93.5 cm³/mol. The number of carbonyl (C=O) groups excluding carboxylic acids is 1. The van der Waals surface area contributed by atoms with Crippen LogP contribution in [0.3, 0.4) is 0 Å². The fourth-order valence-electron chi connectivity index (χ4n) is 1.99. The van der Waals surface area contributed by atoms with Crippen LogP contribution < -0.4 is 20.1 Å². The molecular weight excluding hydrogens is 389 g/mol. The number of hydrogen-bond donors (Lipinski definition) is 2. The average Bonchev–Trinajstić information content (AvgIpc) is 2.58. The Hall–Kier alpha value is -2.75. The third kappa shape index (κ3) is 5.61. The SMILES string of the molecule is CCOc1ncc(NC(=O)Nc2ccc(Cl)c(C(F)(F)F)c2)c(OCC)n1. The average molecular weight is 405 g/mol. The van der Waals surface area contributed by atoms with Crippen LogP contribution in [0.5, 0.6) is 11.9 Å². The number of amides is 2. The molecule has 0 spiro atoms. The maximum absolute atomic E-state index is 12.9. The third-order valence-electron chi connectivity index (χ3n) is 3.06. The van der Waals surface area contributed by atoms with Crippen LogP contribution in [0.15, 0.2) is 24.4 Å². The van der Waals surface area contributed by atoms with Crippen LogP contribution in [-0.2, 0) is 6.18 Å². The Balaban J connectivity index is 2.16. The molecular formula is C16H16ClF3N4O3. The molecule has 0 unspecified atom stereocenters. The zero-order chi connectivity index (χ0) is 20.0. The minimum absolute atomic E-state index is 0.0678. The van der Waals surface area contributed by atoms with Gasteiger partial charge in [-0.3, -0.25) is 0 Å². The van der Waals surface area contributed by atoms with E-state index in [1.165, 1.54) is 12.3 Å². The molecule has 0 radical (unpaired) electrons. The number of alkyl halides is 3. The summed E-state index contributed by atoms with van der Waals surface area (Å²) in [6.45, 7) is 4.09. The van der Waals surface area contributed by atoms with Crippen LogP contribution >= 0.6 is 11.6 Å². The van der Waals surface area contributed by atoms with Crippen molar-refractivity contribution >= 4 is 29.0 Å². The Bertz CT molecular complexity index is 818. The van der Waals surface area contributed by atoms with Gasteiger partial charge in [0.15, 0.2) is 0 Å². The van der Waals surface area contributed by atoms with E-state index in [1.807, 2.05) is 0 Å². The van der Waals surface area contributed by atoms with E-state index in [4.69, 9.17) is 21.1 Å². The maximum Gasteiger partial charge on any atom is 0.417 e.